The van der Waals surface area contributed by atoms with Crippen LogP contribution in [-0.2, 0) is 16.6 Å². The van der Waals surface area contributed by atoms with E-state index in [9.17, 15) is 9.00 Å². The van der Waals surface area contributed by atoms with E-state index in [1.54, 1.807) is 0 Å². The minimum Gasteiger partial charge on any atom is -0.493 e. The number of furan rings is 1. The molecule has 2 rings (SSSR count). The first-order chi connectivity index (χ1) is 10.0. The lowest BCUT2D eigenvalue weighted by molar-refractivity contribution is 0.0660. The lowest BCUT2D eigenvalue weighted by Gasteiger charge is -2.05. The Morgan fingerprint density at radius 3 is 2.57 bits per heavy atom. The molecule has 0 bridgehead atoms. The Morgan fingerprint density at radius 1 is 1.24 bits per heavy atom. The maximum absolute atomic E-state index is 11.9. The van der Waals surface area contributed by atoms with Crippen molar-refractivity contribution in [1.82, 2.24) is 0 Å². The van der Waals surface area contributed by atoms with E-state index in [1.165, 1.54) is 12.1 Å². The molecule has 1 aromatic carbocycles. The van der Waals surface area contributed by atoms with Gasteiger partial charge in [0.1, 0.15) is 11.5 Å². The summed E-state index contributed by atoms with van der Waals surface area (Å²) >= 11 is 0. The second-order valence-corrected chi connectivity index (χ2v) is 6.10. The highest BCUT2D eigenvalue weighted by Gasteiger charge is 2.11. The summed E-state index contributed by atoms with van der Waals surface area (Å²) in [5, 5.41) is 8.73. The van der Waals surface area contributed by atoms with Crippen LogP contribution in [0.1, 0.15) is 21.9 Å². The molecular formula is C15H16O5S. The average Bonchev–Trinajstić information content (AvgIpc) is 2.90. The fourth-order valence-electron chi connectivity index (χ4n) is 1.69. The van der Waals surface area contributed by atoms with Crippen molar-refractivity contribution in [3.05, 3.63) is 53.5 Å². The summed E-state index contributed by atoms with van der Waals surface area (Å²) in [7, 11) is -1.16. The number of hydrogen-bond donors (Lipinski definition) is 1. The van der Waals surface area contributed by atoms with Crippen molar-refractivity contribution in [2.75, 3.05) is 12.4 Å². The SMILES string of the molecule is Cc1ccc(OCCS(=O)Cc2ccc(C(=O)O)o2)cc1. The topological polar surface area (TPSA) is 76.7 Å². The average molecular weight is 308 g/mol. The zero-order chi connectivity index (χ0) is 15.2. The van der Waals surface area contributed by atoms with Crippen LogP contribution < -0.4 is 4.74 Å². The van der Waals surface area contributed by atoms with Gasteiger partial charge in [-0.3, -0.25) is 4.21 Å². The lowest BCUT2D eigenvalue weighted by Crippen LogP contribution is -2.09. The molecular weight excluding hydrogens is 292 g/mol. The summed E-state index contributed by atoms with van der Waals surface area (Å²) in [5.41, 5.74) is 1.15. The van der Waals surface area contributed by atoms with Crippen LogP contribution in [0.15, 0.2) is 40.8 Å². The van der Waals surface area contributed by atoms with Gasteiger partial charge >= 0.3 is 5.97 Å². The molecule has 0 saturated heterocycles. The Balaban J connectivity index is 1.76. The van der Waals surface area contributed by atoms with Crippen LogP contribution in [0.4, 0.5) is 0 Å². The van der Waals surface area contributed by atoms with Crippen molar-refractivity contribution in [2.45, 2.75) is 12.7 Å². The zero-order valence-corrected chi connectivity index (χ0v) is 12.4. The monoisotopic (exact) mass is 308 g/mol. The smallest absolute Gasteiger partial charge is 0.371 e. The van der Waals surface area contributed by atoms with Gasteiger partial charge in [0.25, 0.3) is 0 Å². The van der Waals surface area contributed by atoms with Gasteiger partial charge in [-0.05, 0) is 31.2 Å². The van der Waals surface area contributed by atoms with E-state index in [1.807, 2.05) is 31.2 Å². The molecule has 6 heteroatoms. The first kappa shape index (κ1) is 15.3. The number of carbonyl (C=O) groups is 1. The highest BCUT2D eigenvalue weighted by molar-refractivity contribution is 7.84. The van der Waals surface area contributed by atoms with E-state index in [4.69, 9.17) is 14.3 Å². The van der Waals surface area contributed by atoms with E-state index in [0.29, 0.717) is 18.1 Å². The Bertz CT molecular complexity index is 630. The van der Waals surface area contributed by atoms with Gasteiger partial charge in [-0.25, -0.2) is 4.79 Å². The van der Waals surface area contributed by atoms with Gasteiger partial charge in [0.2, 0.25) is 5.76 Å². The molecule has 0 aliphatic rings. The minimum atomic E-state index is -1.16. The molecule has 1 aromatic heterocycles. The van der Waals surface area contributed by atoms with Crippen LogP contribution in [0, 0.1) is 6.92 Å². The van der Waals surface area contributed by atoms with E-state index in [2.05, 4.69) is 0 Å². The Morgan fingerprint density at radius 2 is 1.95 bits per heavy atom. The highest BCUT2D eigenvalue weighted by Crippen LogP contribution is 2.12. The molecule has 0 fully saturated rings. The number of carboxylic acids is 1. The van der Waals surface area contributed by atoms with Crippen molar-refractivity contribution >= 4 is 16.8 Å². The molecule has 0 aliphatic heterocycles. The second-order valence-electron chi connectivity index (χ2n) is 4.52. The van der Waals surface area contributed by atoms with Crippen molar-refractivity contribution in [1.29, 1.82) is 0 Å². The van der Waals surface area contributed by atoms with Gasteiger partial charge < -0.3 is 14.3 Å². The summed E-state index contributed by atoms with van der Waals surface area (Å²) < 4.78 is 22.4. The minimum absolute atomic E-state index is 0.141. The maximum atomic E-state index is 11.9. The Hall–Kier alpha value is -2.08. The molecule has 2 aromatic rings. The molecule has 1 unspecified atom stereocenters. The van der Waals surface area contributed by atoms with E-state index in [0.717, 1.165) is 11.3 Å². The van der Waals surface area contributed by atoms with Gasteiger partial charge in [-0.2, -0.15) is 0 Å². The largest absolute Gasteiger partial charge is 0.493 e. The molecule has 1 heterocycles. The van der Waals surface area contributed by atoms with Gasteiger partial charge in [-0.1, -0.05) is 17.7 Å². The van der Waals surface area contributed by atoms with Crippen LogP contribution in [0.5, 0.6) is 5.75 Å². The fraction of sp³-hybridized carbons (Fsp3) is 0.267. The third kappa shape index (κ3) is 4.75. The molecule has 1 atom stereocenters. The molecule has 0 spiro atoms. The van der Waals surface area contributed by atoms with Gasteiger partial charge in [0.05, 0.1) is 18.1 Å². The van der Waals surface area contributed by atoms with Crippen LogP contribution in [0.25, 0.3) is 0 Å². The van der Waals surface area contributed by atoms with Crippen molar-refractivity contribution in [2.24, 2.45) is 0 Å². The quantitative estimate of drug-likeness (QED) is 0.851. The number of rotatable bonds is 7. The molecule has 0 saturated carbocycles. The van der Waals surface area contributed by atoms with Crippen LogP contribution in [0.3, 0.4) is 0 Å². The number of benzene rings is 1. The van der Waals surface area contributed by atoms with Gasteiger partial charge in [0, 0.05) is 10.8 Å². The second kappa shape index (κ2) is 7.08. The van der Waals surface area contributed by atoms with Crippen molar-refractivity contribution in [3.8, 4) is 5.75 Å². The molecule has 21 heavy (non-hydrogen) atoms. The normalized spacial score (nSPS) is 12.0. The number of aromatic carboxylic acids is 1. The lowest BCUT2D eigenvalue weighted by atomic mass is 10.2. The Labute approximate surface area is 125 Å². The first-order valence-electron chi connectivity index (χ1n) is 6.41. The summed E-state index contributed by atoms with van der Waals surface area (Å²) in [6.07, 6.45) is 0. The van der Waals surface area contributed by atoms with Gasteiger partial charge in [-0.15, -0.1) is 0 Å². The molecule has 5 nitrogen and oxygen atoms in total. The Kier molecular flexibility index (Phi) is 5.16. The number of ether oxygens (including phenoxy) is 1. The molecule has 0 amide bonds. The fourth-order valence-corrected chi connectivity index (χ4v) is 2.57. The zero-order valence-electron chi connectivity index (χ0n) is 11.6. The standard InChI is InChI=1S/C15H16O5S/c1-11-2-4-12(5-3-11)19-8-9-21(18)10-13-6-7-14(20-13)15(16)17/h2-7H,8-10H2,1H3,(H,16,17). The summed E-state index contributed by atoms with van der Waals surface area (Å²) in [4.78, 5) is 10.7. The molecule has 112 valence electrons. The van der Waals surface area contributed by atoms with E-state index < -0.39 is 16.8 Å². The van der Waals surface area contributed by atoms with Gasteiger partial charge in [0.15, 0.2) is 0 Å². The molecule has 0 radical (unpaired) electrons. The van der Waals surface area contributed by atoms with E-state index in [-0.39, 0.29) is 11.5 Å². The highest BCUT2D eigenvalue weighted by atomic mass is 32.2. The number of hydrogen-bond acceptors (Lipinski definition) is 4. The number of carboxylic acid groups (broad SMARTS) is 1. The number of aryl methyl sites for hydroxylation is 1. The third-order valence-corrected chi connectivity index (χ3v) is 4.00. The van der Waals surface area contributed by atoms with Crippen molar-refractivity contribution in [3.63, 3.8) is 0 Å². The summed E-state index contributed by atoms with van der Waals surface area (Å²) in [6, 6.07) is 10.5. The first-order valence-corrected chi connectivity index (χ1v) is 7.90. The molecule has 0 aliphatic carbocycles. The van der Waals surface area contributed by atoms with Crippen LogP contribution in [0.2, 0.25) is 0 Å². The predicted octanol–water partition coefficient (Wildman–Crippen LogP) is 2.61. The van der Waals surface area contributed by atoms with E-state index >= 15 is 0 Å². The van der Waals surface area contributed by atoms with Crippen LogP contribution in [-0.4, -0.2) is 27.6 Å². The predicted molar refractivity (Wildman–Crippen MR) is 79.1 cm³/mol. The summed E-state index contributed by atoms with van der Waals surface area (Å²) in [6.45, 7) is 2.33. The molecule has 1 N–H and O–H groups in total. The summed E-state index contributed by atoms with van der Waals surface area (Å²) in [5.74, 6) is 0.416. The maximum Gasteiger partial charge on any atom is 0.371 e. The van der Waals surface area contributed by atoms with Crippen LogP contribution >= 0.6 is 0 Å². The van der Waals surface area contributed by atoms with Crippen molar-refractivity contribution < 1.29 is 23.3 Å². The third-order valence-electron chi connectivity index (χ3n) is 2.78.